The summed E-state index contributed by atoms with van der Waals surface area (Å²) in [7, 11) is 2.05. The minimum Gasteiger partial charge on any atom is -0.346 e. The Hall–Kier alpha value is -2.94. The van der Waals surface area contributed by atoms with Crippen LogP contribution in [0.3, 0.4) is 0 Å². The van der Waals surface area contributed by atoms with Gasteiger partial charge < -0.3 is 4.90 Å². The highest BCUT2D eigenvalue weighted by molar-refractivity contribution is 6.52. The SMILES string of the molecule is CC.CCC.CN1/C(=C/N=C2C(=O)C=Cc3ccccc32)C(C)(C)c2ccccc21. The molecule has 0 spiro atoms. The zero-order valence-corrected chi connectivity index (χ0v) is 19.4. The molecule has 4 rings (SSSR count). The fraction of sp³-hybridized carbons (Fsp3) is 0.333. The molecule has 2 aromatic carbocycles. The molecule has 0 atom stereocenters. The molecule has 0 radical (unpaired) electrons. The van der Waals surface area contributed by atoms with Crippen molar-refractivity contribution in [1.29, 1.82) is 0 Å². The van der Waals surface area contributed by atoms with Gasteiger partial charge in [0.25, 0.3) is 0 Å². The molecule has 0 saturated heterocycles. The number of anilines is 1. The number of hydrogen-bond donors (Lipinski definition) is 0. The first-order chi connectivity index (χ1) is 14.4. The summed E-state index contributed by atoms with van der Waals surface area (Å²) < 4.78 is 0. The van der Waals surface area contributed by atoms with Gasteiger partial charge in [-0.2, -0.15) is 0 Å². The van der Waals surface area contributed by atoms with E-state index in [1.54, 1.807) is 6.08 Å². The molecular weight excluding hydrogens is 368 g/mol. The highest BCUT2D eigenvalue weighted by Gasteiger charge is 2.38. The second kappa shape index (κ2) is 10.2. The van der Waals surface area contributed by atoms with Crippen LogP contribution in [-0.4, -0.2) is 18.5 Å². The number of ketones is 1. The Morgan fingerprint density at radius 1 is 0.967 bits per heavy atom. The lowest BCUT2D eigenvalue weighted by Crippen LogP contribution is -2.23. The number of benzene rings is 2. The number of nitrogens with zero attached hydrogens (tertiary/aromatic N) is 2. The van der Waals surface area contributed by atoms with Crippen molar-refractivity contribution in [2.45, 2.75) is 53.4 Å². The van der Waals surface area contributed by atoms with Crippen molar-refractivity contribution in [3.8, 4) is 0 Å². The van der Waals surface area contributed by atoms with Gasteiger partial charge >= 0.3 is 0 Å². The van der Waals surface area contributed by atoms with Crippen molar-refractivity contribution in [2.24, 2.45) is 4.99 Å². The summed E-state index contributed by atoms with van der Waals surface area (Å²) in [4.78, 5) is 19.2. The largest absolute Gasteiger partial charge is 0.346 e. The van der Waals surface area contributed by atoms with Gasteiger partial charge in [0.15, 0.2) is 0 Å². The van der Waals surface area contributed by atoms with Crippen LogP contribution in [0.1, 0.15) is 64.7 Å². The first kappa shape index (κ1) is 23.3. The van der Waals surface area contributed by atoms with Crippen molar-refractivity contribution in [2.75, 3.05) is 11.9 Å². The summed E-state index contributed by atoms with van der Waals surface area (Å²) in [5.74, 6) is -0.0495. The summed E-state index contributed by atoms with van der Waals surface area (Å²) in [5.41, 5.74) is 5.83. The van der Waals surface area contributed by atoms with Crippen LogP contribution in [0.25, 0.3) is 6.08 Å². The topological polar surface area (TPSA) is 32.7 Å². The van der Waals surface area contributed by atoms with Crippen LogP contribution in [0.4, 0.5) is 5.69 Å². The number of carbonyl (C=O) groups is 1. The Balaban J connectivity index is 0.000000590. The molecule has 2 aromatic rings. The van der Waals surface area contributed by atoms with E-state index in [2.05, 4.69) is 62.8 Å². The standard InChI is InChI=1S/C22H20N2O.C3H8.C2H6/c1-22(2)17-10-6-7-11-18(17)24(3)20(22)14-23-21-16-9-5-4-8-15(16)12-13-19(21)25;1-3-2;1-2/h4-14H,1-3H3;3H2,1-2H3;1-2H3/b20-14+,23-21?;;. The van der Waals surface area contributed by atoms with E-state index in [1.165, 1.54) is 17.7 Å². The smallest absolute Gasteiger partial charge is 0.204 e. The summed E-state index contributed by atoms with van der Waals surface area (Å²) in [6.45, 7) is 12.6. The summed E-state index contributed by atoms with van der Waals surface area (Å²) in [5, 5.41) is 0. The molecule has 0 N–H and O–H groups in total. The first-order valence-corrected chi connectivity index (χ1v) is 10.8. The van der Waals surface area contributed by atoms with Gasteiger partial charge in [-0.25, -0.2) is 0 Å². The molecule has 0 amide bonds. The molecule has 0 saturated carbocycles. The van der Waals surface area contributed by atoms with E-state index in [1.807, 2.05) is 56.5 Å². The lowest BCUT2D eigenvalue weighted by Gasteiger charge is -2.23. The van der Waals surface area contributed by atoms with Crippen LogP contribution in [-0.2, 0) is 10.2 Å². The molecule has 3 nitrogen and oxygen atoms in total. The molecule has 0 bridgehead atoms. The number of para-hydroxylation sites is 1. The van der Waals surface area contributed by atoms with E-state index in [0.717, 1.165) is 16.8 Å². The van der Waals surface area contributed by atoms with Crippen LogP contribution in [0, 0.1) is 0 Å². The normalized spacial score (nSPS) is 18.2. The Labute approximate surface area is 181 Å². The molecule has 0 fully saturated rings. The molecule has 3 heteroatoms. The van der Waals surface area contributed by atoms with Gasteiger partial charge in [-0.1, -0.05) is 96.5 Å². The van der Waals surface area contributed by atoms with E-state index in [9.17, 15) is 4.79 Å². The maximum absolute atomic E-state index is 12.4. The van der Waals surface area contributed by atoms with Crippen LogP contribution < -0.4 is 4.90 Å². The summed E-state index contributed by atoms with van der Waals surface area (Å²) in [6, 6.07) is 16.3. The lowest BCUT2D eigenvalue weighted by atomic mass is 9.84. The molecule has 0 unspecified atom stereocenters. The third-order valence-electron chi connectivity index (χ3n) is 5.12. The quantitative estimate of drug-likeness (QED) is 0.526. The Kier molecular flexibility index (Phi) is 7.93. The van der Waals surface area contributed by atoms with E-state index < -0.39 is 0 Å². The number of rotatable bonds is 1. The van der Waals surface area contributed by atoms with Gasteiger partial charge in [-0.15, -0.1) is 0 Å². The van der Waals surface area contributed by atoms with Crippen LogP contribution in [0.2, 0.25) is 0 Å². The Morgan fingerprint density at radius 2 is 1.57 bits per heavy atom. The fourth-order valence-electron chi connectivity index (χ4n) is 3.72. The molecule has 30 heavy (non-hydrogen) atoms. The number of allylic oxidation sites excluding steroid dienone is 2. The van der Waals surface area contributed by atoms with E-state index in [4.69, 9.17) is 0 Å². The Morgan fingerprint density at radius 3 is 2.23 bits per heavy atom. The highest BCUT2D eigenvalue weighted by Crippen LogP contribution is 2.46. The van der Waals surface area contributed by atoms with Crippen molar-refractivity contribution >= 4 is 23.3 Å². The maximum atomic E-state index is 12.4. The van der Waals surface area contributed by atoms with E-state index >= 15 is 0 Å². The third-order valence-corrected chi connectivity index (χ3v) is 5.12. The van der Waals surface area contributed by atoms with Crippen molar-refractivity contribution < 1.29 is 4.79 Å². The number of fused-ring (bicyclic) bond motifs is 2. The fourth-order valence-corrected chi connectivity index (χ4v) is 3.72. The summed E-state index contributed by atoms with van der Waals surface area (Å²) >= 11 is 0. The average Bonchev–Trinajstić information content (AvgIpc) is 2.95. The van der Waals surface area contributed by atoms with Gasteiger partial charge in [0.2, 0.25) is 5.78 Å². The maximum Gasteiger partial charge on any atom is 0.204 e. The van der Waals surface area contributed by atoms with Crippen molar-refractivity contribution in [1.82, 2.24) is 0 Å². The van der Waals surface area contributed by atoms with Gasteiger partial charge in [0.1, 0.15) is 5.71 Å². The van der Waals surface area contributed by atoms with Gasteiger partial charge in [0, 0.05) is 35.6 Å². The lowest BCUT2D eigenvalue weighted by molar-refractivity contribution is -0.108. The van der Waals surface area contributed by atoms with E-state index in [-0.39, 0.29) is 11.2 Å². The second-order valence-electron chi connectivity index (χ2n) is 7.69. The second-order valence-corrected chi connectivity index (χ2v) is 7.69. The number of aliphatic imine (C=N–C) groups is 1. The minimum absolute atomic E-state index is 0.0495. The van der Waals surface area contributed by atoms with Crippen LogP contribution in [0.5, 0.6) is 0 Å². The van der Waals surface area contributed by atoms with Crippen LogP contribution in [0.15, 0.2) is 71.5 Å². The zero-order valence-electron chi connectivity index (χ0n) is 19.4. The predicted molar refractivity (Wildman–Crippen MR) is 130 cm³/mol. The molecule has 2 aliphatic rings. The van der Waals surface area contributed by atoms with Gasteiger partial charge in [-0.05, 0) is 23.3 Å². The zero-order chi connectivity index (χ0) is 22.3. The average molecular weight is 403 g/mol. The summed E-state index contributed by atoms with van der Waals surface area (Å²) in [6.07, 6.45) is 6.55. The third kappa shape index (κ3) is 4.46. The molecule has 1 heterocycles. The van der Waals surface area contributed by atoms with Gasteiger partial charge in [0.05, 0.1) is 0 Å². The predicted octanol–water partition coefficient (Wildman–Crippen LogP) is 6.78. The molecule has 1 aliphatic heterocycles. The number of carbonyl (C=O) groups excluding carboxylic acids is 1. The van der Waals surface area contributed by atoms with Crippen molar-refractivity contribution in [3.63, 3.8) is 0 Å². The molecule has 0 aromatic heterocycles. The molecule has 1 aliphatic carbocycles. The first-order valence-electron chi connectivity index (χ1n) is 10.8. The number of likely N-dealkylation sites (N-methyl/N-ethyl adjacent to an activating group) is 1. The van der Waals surface area contributed by atoms with E-state index in [0.29, 0.717) is 5.71 Å². The Bertz CT molecular complexity index is 980. The molecular formula is C27H34N2O. The number of hydrogen-bond acceptors (Lipinski definition) is 3. The molecule has 158 valence electrons. The minimum atomic E-state index is -0.150. The monoisotopic (exact) mass is 402 g/mol. The van der Waals surface area contributed by atoms with Gasteiger partial charge in [-0.3, -0.25) is 9.79 Å². The highest BCUT2D eigenvalue weighted by atomic mass is 16.1. The van der Waals surface area contributed by atoms with Crippen LogP contribution >= 0.6 is 0 Å². The van der Waals surface area contributed by atoms with Crippen molar-refractivity contribution in [3.05, 3.63) is 83.2 Å².